The van der Waals surface area contributed by atoms with E-state index in [1.165, 1.54) is 23.3 Å². The van der Waals surface area contributed by atoms with E-state index in [9.17, 15) is 0 Å². The van der Waals surface area contributed by atoms with E-state index in [-0.39, 0.29) is 0 Å². The molecular formula is C16H19NO2S. The normalized spacial score (nSPS) is 14.2. The first kappa shape index (κ1) is 13.5. The highest BCUT2D eigenvalue weighted by Gasteiger charge is 2.20. The minimum atomic E-state index is 0.591. The maximum absolute atomic E-state index is 5.83. The molecule has 2 aromatic rings. The molecule has 1 fully saturated rings. The summed E-state index contributed by atoms with van der Waals surface area (Å²) in [5, 5.41) is 5.56. The molecule has 0 saturated heterocycles. The molecule has 0 bridgehead atoms. The van der Waals surface area contributed by atoms with Gasteiger partial charge in [0.25, 0.3) is 0 Å². The molecule has 3 nitrogen and oxygen atoms in total. The first-order valence-electron chi connectivity index (χ1n) is 6.90. The second kappa shape index (κ2) is 6.29. The molecule has 0 unspecified atom stereocenters. The number of nitrogens with one attached hydrogen (secondary N) is 1. The van der Waals surface area contributed by atoms with Crippen molar-refractivity contribution < 1.29 is 9.47 Å². The standard InChI is InChI=1S/C16H19NO2S/c1-18-16-9-12(10-17-13-5-6-13)4-7-15(16)19-11-14-3-2-8-20-14/h2-4,7-9,13,17H,5-6,10-11H2,1H3. The summed E-state index contributed by atoms with van der Waals surface area (Å²) in [5.74, 6) is 1.60. The number of benzene rings is 1. The largest absolute Gasteiger partial charge is 0.493 e. The van der Waals surface area contributed by atoms with Gasteiger partial charge in [-0.15, -0.1) is 11.3 Å². The van der Waals surface area contributed by atoms with Crippen LogP contribution in [0.5, 0.6) is 11.5 Å². The average molecular weight is 289 g/mol. The van der Waals surface area contributed by atoms with E-state index in [1.54, 1.807) is 18.4 Å². The predicted molar refractivity (Wildman–Crippen MR) is 81.5 cm³/mol. The summed E-state index contributed by atoms with van der Waals surface area (Å²) in [6, 6.07) is 11.0. The van der Waals surface area contributed by atoms with E-state index in [4.69, 9.17) is 9.47 Å². The van der Waals surface area contributed by atoms with E-state index in [2.05, 4.69) is 28.9 Å². The Morgan fingerprint density at radius 3 is 2.85 bits per heavy atom. The number of ether oxygens (including phenoxy) is 2. The Balaban J connectivity index is 1.63. The van der Waals surface area contributed by atoms with Gasteiger partial charge >= 0.3 is 0 Å². The van der Waals surface area contributed by atoms with Gasteiger partial charge in [-0.05, 0) is 42.0 Å². The van der Waals surface area contributed by atoms with Crippen LogP contribution in [0.3, 0.4) is 0 Å². The zero-order chi connectivity index (χ0) is 13.8. The third-order valence-electron chi connectivity index (χ3n) is 3.35. The fourth-order valence-electron chi connectivity index (χ4n) is 2.03. The summed E-state index contributed by atoms with van der Waals surface area (Å²) in [6.45, 7) is 1.49. The van der Waals surface area contributed by atoms with Gasteiger partial charge in [-0.25, -0.2) is 0 Å². The lowest BCUT2D eigenvalue weighted by molar-refractivity contribution is 0.287. The number of hydrogen-bond acceptors (Lipinski definition) is 4. The number of hydrogen-bond donors (Lipinski definition) is 1. The number of methoxy groups -OCH3 is 1. The second-order valence-corrected chi connectivity index (χ2v) is 6.04. The molecule has 1 saturated carbocycles. The Labute approximate surface area is 123 Å². The van der Waals surface area contributed by atoms with E-state index >= 15 is 0 Å². The van der Waals surface area contributed by atoms with Gasteiger partial charge in [0.2, 0.25) is 0 Å². The lowest BCUT2D eigenvalue weighted by Gasteiger charge is -2.12. The Bertz CT molecular complexity index is 550. The van der Waals surface area contributed by atoms with Gasteiger partial charge in [0.1, 0.15) is 6.61 Å². The summed E-state index contributed by atoms with van der Waals surface area (Å²) in [5.41, 5.74) is 1.23. The minimum Gasteiger partial charge on any atom is -0.493 e. The molecule has 1 N–H and O–H groups in total. The monoisotopic (exact) mass is 289 g/mol. The van der Waals surface area contributed by atoms with Crippen molar-refractivity contribution in [2.24, 2.45) is 0 Å². The van der Waals surface area contributed by atoms with Gasteiger partial charge in [0.15, 0.2) is 11.5 Å². The first-order chi connectivity index (χ1) is 9.85. The van der Waals surface area contributed by atoms with Crippen LogP contribution >= 0.6 is 11.3 Å². The molecule has 106 valence electrons. The molecule has 0 aliphatic heterocycles. The van der Waals surface area contributed by atoms with Crippen molar-refractivity contribution in [1.82, 2.24) is 5.32 Å². The summed E-state index contributed by atoms with van der Waals surface area (Å²) >= 11 is 1.70. The average Bonchev–Trinajstić information content (AvgIpc) is 3.17. The summed E-state index contributed by atoms with van der Waals surface area (Å²) in [6.07, 6.45) is 2.61. The molecule has 1 aliphatic carbocycles. The highest BCUT2D eigenvalue weighted by atomic mass is 32.1. The Morgan fingerprint density at radius 2 is 2.15 bits per heavy atom. The van der Waals surface area contributed by atoms with Crippen LogP contribution in [0, 0.1) is 0 Å². The summed E-state index contributed by atoms with van der Waals surface area (Å²) in [7, 11) is 1.69. The quantitative estimate of drug-likeness (QED) is 0.845. The Kier molecular flexibility index (Phi) is 4.23. The van der Waals surface area contributed by atoms with Crippen LogP contribution in [0.15, 0.2) is 35.7 Å². The van der Waals surface area contributed by atoms with Gasteiger partial charge in [-0.3, -0.25) is 0 Å². The van der Waals surface area contributed by atoms with Crippen LogP contribution in [0.1, 0.15) is 23.3 Å². The van der Waals surface area contributed by atoms with Gasteiger partial charge < -0.3 is 14.8 Å². The molecule has 3 rings (SSSR count). The highest BCUT2D eigenvalue weighted by Crippen LogP contribution is 2.29. The van der Waals surface area contributed by atoms with Crippen LogP contribution < -0.4 is 14.8 Å². The fraction of sp³-hybridized carbons (Fsp3) is 0.375. The number of rotatable bonds is 7. The molecular weight excluding hydrogens is 270 g/mol. The molecule has 20 heavy (non-hydrogen) atoms. The molecule has 1 aliphatic rings. The highest BCUT2D eigenvalue weighted by molar-refractivity contribution is 7.09. The molecule has 0 atom stereocenters. The van der Waals surface area contributed by atoms with Crippen LogP contribution in [-0.4, -0.2) is 13.2 Å². The lowest BCUT2D eigenvalue weighted by Crippen LogP contribution is -2.15. The van der Waals surface area contributed by atoms with Crippen molar-refractivity contribution in [1.29, 1.82) is 0 Å². The van der Waals surface area contributed by atoms with Crippen LogP contribution in [0.25, 0.3) is 0 Å². The van der Waals surface area contributed by atoms with Crippen LogP contribution in [0.2, 0.25) is 0 Å². The molecule has 0 radical (unpaired) electrons. The molecule has 0 spiro atoms. The lowest BCUT2D eigenvalue weighted by atomic mass is 10.2. The number of thiophene rings is 1. The van der Waals surface area contributed by atoms with Crippen molar-refractivity contribution in [2.75, 3.05) is 7.11 Å². The SMILES string of the molecule is COc1cc(CNC2CC2)ccc1OCc1cccs1. The summed E-state index contributed by atoms with van der Waals surface area (Å²) < 4.78 is 11.3. The van der Waals surface area contributed by atoms with Crippen molar-refractivity contribution in [3.05, 3.63) is 46.2 Å². The van der Waals surface area contributed by atoms with Crippen LogP contribution in [0.4, 0.5) is 0 Å². The van der Waals surface area contributed by atoms with Crippen LogP contribution in [-0.2, 0) is 13.2 Å². The maximum Gasteiger partial charge on any atom is 0.161 e. The third-order valence-corrected chi connectivity index (χ3v) is 4.20. The van der Waals surface area contributed by atoms with Crippen molar-refractivity contribution in [3.63, 3.8) is 0 Å². The van der Waals surface area contributed by atoms with Gasteiger partial charge in [-0.2, -0.15) is 0 Å². The zero-order valence-electron chi connectivity index (χ0n) is 11.6. The first-order valence-corrected chi connectivity index (χ1v) is 7.78. The Morgan fingerprint density at radius 1 is 1.25 bits per heavy atom. The molecule has 1 aromatic heterocycles. The zero-order valence-corrected chi connectivity index (χ0v) is 12.4. The fourth-order valence-corrected chi connectivity index (χ4v) is 2.65. The minimum absolute atomic E-state index is 0.591. The van der Waals surface area contributed by atoms with Crippen molar-refractivity contribution in [2.45, 2.75) is 32.0 Å². The second-order valence-electron chi connectivity index (χ2n) is 5.01. The maximum atomic E-state index is 5.83. The van der Waals surface area contributed by atoms with Gasteiger partial charge in [-0.1, -0.05) is 12.1 Å². The molecule has 1 aromatic carbocycles. The summed E-state index contributed by atoms with van der Waals surface area (Å²) in [4.78, 5) is 1.21. The molecule has 0 amide bonds. The molecule has 1 heterocycles. The van der Waals surface area contributed by atoms with E-state index < -0.39 is 0 Å². The third kappa shape index (κ3) is 3.52. The topological polar surface area (TPSA) is 30.5 Å². The van der Waals surface area contributed by atoms with Gasteiger partial charge in [0.05, 0.1) is 7.11 Å². The molecule has 4 heteroatoms. The van der Waals surface area contributed by atoms with Gasteiger partial charge in [0, 0.05) is 17.5 Å². The van der Waals surface area contributed by atoms with Crippen molar-refractivity contribution in [3.8, 4) is 11.5 Å². The van der Waals surface area contributed by atoms with E-state index in [0.717, 1.165) is 24.1 Å². The predicted octanol–water partition coefficient (Wildman–Crippen LogP) is 3.59. The smallest absolute Gasteiger partial charge is 0.161 e. The van der Waals surface area contributed by atoms with E-state index in [0.29, 0.717) is 6.61 Å². The van der Waals surface area contributed by atoms with E-state index in [1.807, 2.05) is 12.1 Å². The Hall–Kier alpha value is -1.52. The van der Waals surface area contributed by atoms with Crippen molar-refractivity contribution >= 4 is 11.3 Å².